The third-order valence-electron chi connectivity index (χ3n) is 4.09. The second-order valence-electron chi connectivity index (χ2n) is 5.78. The third-order valence-corrected chi connectivity index (χ3v) is 4.09. The van der Waals surface area contributed by atoms with E-state index in [1.54, 1.807) is 45.4 Å². The van der Waals surface area contributed by atoms with Crippen molar-refractivity contribution in [3.8, 4) is 11.5 Å². The van der Waals surface area contributed by atoms with E-state index in [1.165, 1.54) is 11.0 Å². The van der Waals surface area contributed by atoms with E-state index in [-0.39, 0.29) is 37.5 Å². The number of carbonyl (C=O) groups excluding carboxylic acids is 2. The minimum atomic E-state index is -0.369. The lowest BCUT2D eigenvalue weighted by Crippen LogP contribution is -2.42. The Labute approximate surface area is 160 Å². The fourth-order valence-electron chi connectivity index (χ4n) is 2.59. The highest BCUT2D eigenvalue weighted by Gasteiger charge is 2.21. The van der Waals surface area contributed by atoms with Gasteiger partial charge in [0.05, 0.1) is 39.9 Å². The van der Waals surface area contributed by atoms with Gasteiger partial charge < -0.3 is 24.2 Å². The first-order valence-electron chi connectivity index (χ1n) is 8.97. The molecule has 0 spiro atoms. The zero-order valence-corrected chi connectivity index (χ0v) is 16.4. The molecule has 7 nitrogen and oxygen atoms in total. The van der Waals surface area contributed by atoms with Crippen LogP contribution in [-0.4, -0.2) is 61.9 Å². The van der Waals surface area contributed by atoms with Crippen LogP contribution in [0.2, 0.25) is 0 Å². The van der Waals surface area contributed by atoms with Crippen LogP contribution in [0.5, 0.6) is 11.5 Å². The van der Waals surface area contributed by atoms with Gasteiger partial charge in [-0.25, -0.2) is 0 Å². The molecule has 1 N–H and O–H groups in total. The van der Waals surface area contributed by atoms with Crippen molar-refractivity contribution in [2.24, 2.45) is 0 Å². The number of methoxy groups -OCH3 is 2. The van der Waals surface area contributed by atoms with Crippen molar-refractivity contribution in [2.45, 2.75) is 32.7 Å². The van der Waals surface area contributed by atoms with Gasteiger partial charge >= 0.3 is 5.97 Å². The molecule has 0 aliphatic rings. The summed E-state index contributed by atoms with van der Waals surface area (Å²) in [5.74, 6) is 0.512. The number of esters is 1. The first-order valence-corrected chi connectivity index (χ1v) is 8.97. The Morgan fingerprint density at radius 1 is 1.19 bits per heavy atom. The van der Waals surface area contributed by atoms with Crippen LogP contribution >= 0.6 is 0 Å². The maximum absolute atomic E-state index is 12.6. The van der Waals surface area contributed by atoms with Crippen LogP contribution in [0.25, 0.3) is 6.08 Å². The molecule has 1 unspecified atom stereocenters. The number of carbonyl (C=O) groups is 2. The number of amides is 1. The number of aliphatic hydroxyl groups is 1. The van der Waals surface area contributed by atoms with Crippen molar-refractivity contribution in [1.82, 2.24) is 4.90 Å². The summed E-state index contributed by atoms with van der Waals surface area (Å²) >= 11 is 0. The van der Waals surface area contributed by atoms with E-state index < -0.39 is 0 Å². The third kappa shape index (κ3) is 6.94. The van der Waals surface area contributed by atoms with Gasteiger partial charge in [0.2, 0.25) is 5.91 Å². The molecule has 0 bridgehead atoms. The van der Waals surface area contributed by atoms with Crippen LogP contribution in [0.15, 0.2) is 24.3 Å². The Balaban J connectivity index is 2.91. The van der Waals surface area contributed by atoms with Crippen molar-refractivity contribution < 1.29 is 28.9 Å². The summed E-state index contributed by atoms with van der Waals surface area (Å²) in [6, 6.07) is 4.96. The topological polar surface area (TPSA) is 85.3 Å². The van der Waals surface area contributed by atoms with Gasteiger partial charge in [-0.1, -0.05) is 13.0 Å². The number of rotatable bonds is 11. The number of benzene rings is 1. The lowest BCUT2D eigenvalue weighted by Gasteiger charge is -2.28. The van der Waals surface area contributed by atoms with Crippen molar-refractivity contribution in [3.05, 3.63) is 29.8 Å². The average molecular weight is 379 g/mol. The van der Waals surface area contributed by atoms with Crippen molar-refractivity contribution >= 4 is 18.0 Å². The maximum atomic E-state index is 12.6. The van der Waals surface area contributed by atoms with Crippen molar-refractivity contribution in [3.63, 3.8) is 0 Å². The van der Waals surface area contributed by atoms with Crippen LogP contribution in [0.3, 0.4) is 0 Å². The number of aliphatic hydroxyl groups excluding tert-OH is 1. The van der Waals surface area contributed by atoms with Crippen LogP contribution in [0, 0.1) is 0 Å². The monoisotopic (exact) mass is 379 g/mol. The Hall–Kier alpha value is -2.54. The number of nitrogens with zero attached hydrogens (tertiary/aromatic N) is 1. The standard InChI is InChI=1S/C20H29NO6/c1-5-16(14-22)21(12-11-20(24)27-6-2)19(23)10-8-15-7-9-17(25-3)18(13-15)26-4/h7-10,13,16,22H,5-6,11-12,14H2,1-4H3/b10-8+. The second-order valence-corrected chi connectivity index (χ2v) is 5.78. The fourth-order valence-corrected chi connectivity index (χ4v) is 2.59. The minimum absolute atomic E-state index is 0.0836. The van der Waals surface area contributed by atoms with Gasteiger partial charge in [0.25, 0.3) is 0 Å². The summed E-state index contributed by atoms with van der Waals surface area (Å²) in [4.78, 5) is 25.8. The van der Waals surface area contributed by atoms with Gasteiger partial charge in [0, 0.05) is 12.6 Å². The molecule has 1 atom stereocenters. The minimum Gasteiger partial charge on any atom is -0.493 e. The summed E-state index contributed by atoms with van der Waals surface area (Å²) in [6.45, 7) is 3.92. The summed E-state index contributed by atoms with van der Waals surface area (Å²) in [7, 11) is 3.10. The molecule has 0 saturated carbocycles. The normalized spacial score (nSPS) is 11.9. The Bertz CT molecular complexity index is 639. The van der Waals surface area contributed by atoms with E-state index in [0.717, 1.165) is 5.56 Å². The Morgan fingerprint density at radius 3 is 2.44 bits per heavy atom. The SMILES string of the molecule is CCOC(=O)CCN(C(=O)/C=C/c1ccc(OC)c(OC)c1)C(CC)CO. The van der Waals surface area contributed by atoms with E-state index in [2.05, 4.69) is 0 Å². The van der Waals surface area contributed by atoms with Gasteiger partial charge in [0.15, 0.2) is 11.5 Å². The molecule has 1 amide bonds. The van der Waals surface area contributed by atoms with Gasteiger partial charge in [-0.3, -0.25) is 9.59 Å². The maximum Gasteiger partial charge on any atom is 0.307 e. The van der Waals surface area contributed by atoms with E-state index in [4.69, 9.17) is 14.2 Å². The lowest BCUT2D eigenvalue weighted by molar-refractivity contribution is -0.144. The molecule has 0 aliphatic carbocycles. The summed E-state index contributed by atoms with van der Waals surface area (Å²) in [5.41, 5.74) is 0.767. The predicted octanol–water partition coefficient (Wildman–Crippen LogP) is 2.27. The molecule has 0 aliphatic heterocycles. The molecular formula is C20H29NO6. The highest BCUT2D eigenvalue weighted by Crippen LogP contribution is 2.28. The summed E-state index contributed by atoms with van der Waals surface area (Å²) < 4.78 is 15.4. The molecule has 0 heterocycles. The number of ether oxygens (including phenoxy) is 3. The van der Waals surface area contributed by atoms with Crippen LogP contribution in [0.1, 0.15) is 32.3 Å². The molecule has 1 rings (SSSR count). The lowest BCUT2D eigenvalue weighted by atomic mass is 10.1. The highest BCUT2D eigenvalue weighted by atomic mass is 16.5. The van der Waals surface area contributed by atoms with Gasteiger partial charge in [-0.15, -0.1) is 0 Å². The van der Waals surface area contributed by atoms with E-state index in [0.29, 0.717) is 24.5 Å². The van der Waals surface area contributed by atoms with E-state index in [1.807, 2.05) is 6.92 Å². The van der Waals surface area contributed by atoms with Crippen molar-refractivity contribution in [2.75, 3.05) is 34.0 Å². The van der Waals surface area contributed by atoms with Crippen LogP contribution in [0.4, 0.5) is 0 Å². The second kappa shape index (κ2) is 12.0. The predicted molar refractivity (Wildman–Crippen MR) is 103 cm³/mol. The molecule has 150 valence electrons. The van der Waals surface area contributed by atoms with Gasteiger partial charge in [-0.05, 0) is 37.1 Å². The first-order chi connectivity index (χ1) is 13.0. The molecule has 0 fully saturated rings. The molecule has 1 aromatic rings. The fraction of sp³-hybridized carbons (Fsp3) is 0.500. The molecule has 0 radical (unpaired) electrons. The summed E-state index contributed by atoms with van der Waals surface area (Å²) in [5, 5.41) is 9.56. The highest BCUT2D eigenvalue weighted by molar-refractivity contribution is 5.92. The first kappa shape index (κ1) is 22.5. The van der Waals surface area contributed by atoms with Gasteiger partial charge in [-0.2, -0.15) is 0 Å². The Kier molecular flexibility index (Phi) is 9.96. The van der Waals surface area contributed by atoms with Crippen LogP contribution < -0.4 is 9.47 Å². The van der Waals surface area contributed by atoms with Crippen molar-refractivity contribution in [1.29, 1.82) is 0 Å². The summed E-state index contributed by atoms with van der Waals surface area (Å²) in [6.07, 6.45) is 3.74. The quantitative estimate of drug-likeness (QED) is 0.469. The molecule has 27 heavy (non-hydrogen) atoms. The molecular weight excluding hydrogens is 350 g/mol. The zero-order chi connectivity index (χ0) is 20.2. The molecule has 1 aromatic carbocycles. The van der Waals surface area contributed by atoms with Crippen LogP contribution in [-0.2, 0) is 14.3 Å². The molecule has 0 aromatic heterocycles. The molecule has 0 saturated heterocycles. The van der Waals surface area contributed by atoms with Gasteiger partial charge in [0.1, 0.15) is 0 Å². The molecule has 7 heteroatoms. The Morgan fingerprint density at radius 2 is 1.89 bits per heavy atom. The average Bonchev–Trinajstić information content (AvgIpc) is 2.69. The van der Waals surface area contributed by atoms with E-state index in [9.17, 15) is 14.7 Å². The number of hydrogen-bond acceptors (Lipinski definition) is 6. The zero-order valence-electron chi connectivity index (χ0n) is 16.4. The number of hydrogen-bond donors (Lipinski definition) is 1. The van der Waals surface area contributed by atoms with E-state index >= 15 is 0 Å². The smallest absolute Gasteiger partial charge is 0.307 e. The largest absolute Gasteiger partial charge is 0.493 e.